The molecule has 1 unspecified atom stereocenters. The van der Waals surface area contributed by atoms with Crippen LogP contribution in [0.25, 0.3) is 11.1 Å². The van der Waals surface area contributed by atoms with E-state index in [1.807, 2.05) is 50.2 Å². The highest BCUT2D eigenvalue weighted by Gasteiger charge is 2.29. The predicted molar refractivity (Wildman–Crippen MR) is 117 cm³/mol. The molecule has 0 aromatic heterocycles. The summed E-state index contributed by atoms with van der Waals surface area (Å²) in [6.07, 6.45) is -0.0728. The van der Waals surface area contributed by atoms with Gasteiger partial charge in [-0.15, -0.1) is 0 Å². The Bertz CT molecular complexity index is 911. The molecule has 164 valence electrons. The molecule has 31 heavy (non-hydrogen) atoms. The summed E-state index contributed by atoms with van der Waals surface area (Å²) in [6.45, 7) is 3.76. The molecule has 2 amide bonds. The van der Waals surface area contributed by atoms with Crippen molar-refractivity contribution in [3.63, 3.8) is 0 Å². The van der Waals surface area contributed by atoms with Crippen LogP contribution in [-0.4, -0.2) is 42.8 Å². The first kappa shape index (κ1) is 22.3. The van der Waals surface area contributed by atoms with Crippen molar-refractivity contribution in [3.05, 3.63) is 59.7 Å². The molecule has 0 aliphatic heterocycles. The molecule has 3 N–H and O–H groups in total. The van der Waals surface area contributed by atoms with Gasteiger partial charge < -0.3 is 20.5 Å². The molecule has 7 heteroatoms. The minimum atomic E-state index is -1.11. The third-order valence-electron chi connectivity index (χ3n) is 5.38. The molecule has 2 aromatic carbocycles. The Morgan fingerprint density at radius 3 is 2.10 bits per heavy atom. The van der Waals surface area contributed by atoms with Crippen LogP contribution < -0.4 is 10.6 Å². The number of fused-ring (bicyclic) bond motifs is 3. The van der Waals surface area contributed by atoms with Gasteiger partial charge in [-0.25, -0.2) is 4.79 Å². The second kappa shape index (κ2) is 10.1. The zero-order valence-corrected chi connectivity index (χ0v) is 17.8. The van der Waals surface area contributed by atoms with Crippen LogP contribution in [0.4, 0.5) is 4.79 Å². The van der Waals surface area contributed by atoms with Gasteiger partial charge in [-0.3, -0.25) is 9.59 Å². The number of nitrogens with one attached hydrogen (secondary N) is 2. The van der Waals surface area contributed by atoms with Crippen molar-refractivity contribution in [1.29, 1.82) is 0 Å². The summed E-state index contributed by atoms with van der Waals surface area (Å²) in [7, 11) is 0. The van der Waals surface area contributed by atoms with Crippen molar-refractivity contribution in [1.82, 2.24) is 10.6 Å². The monoisotopic (exact) mass is 424 g/mol. The summed E-state index contributed by atoms with van der Waals surface area (Å²) in [4.78, 5) is 35.3. The van der Waals surface area contributed by atoms with Gasteiger partial charge in [-0.2, -0.15) is 0 Å². The molecule has 0 heterocycles. The Balaban J connectivity index is 1.58. The van der Waals surface area contributed by atoms with Gasteiger partial charge in [0.1, 0.15) is 13.2 Å². The zero-order chi connectivity index (χ0) is 22.4. The second-order valence-electron chi connectivity index (χ2n) is 8.14. The van der Waals surface area contributed by atoms with Crippen LogP contribution in [0.5, 0.6) is 0 Å². The largest absolute Gasteiger partial charge is 0.480 e. The molecule has 1 aliphatic carbocycles. The minimum absolute atomic E-state index is 0.0384. The van der Waals surface area contributed by atoms with E-state index >= 15 is 0 Å². The van der Waals surface area contributed by atoms with Gasteiger partial charge in [0.15, 0.2) is 0 Å². The van der Waals surface area contributed by atoms with E-state index in [2.05, 4.69) is 22.8 Å². The fourth-order valence-corrected chi connectivity index (χ4v) is 4.02. The standard InChI is InChI=1S/C24H28N2O5/c1-15(2)11-16(23(29)25-13-22(27)28)12-26-24(30)31-14-21-19-9-5-3-7-17(19)18-8-4-6-10-20(18)21/h3-10,15-16,21H,11-14H2,1-2H3,(H,25,29)(H,26,30)(H,27,28). The van der Waals surface area contributed by atoms with Crippen LogP contribution in [0.3, 0.4) is 0 Å². The number of ether oxygens (including phenoxy) is 1. The fourth-order valence-electron chi connectivity index (χ4n) is 4.02. The van der Waals surface area contributed by atoms with Crippen molar-refractivity contribution >= 4 is 18.0 Å². The number of carbonyl (C=O) groups is 3. The van der Waals surface area contributed by atoms with Crippen LogP contribution in [0.15, 0.2) is 48.5 Å². The molecular formula is C24H28N2O5. The summed E-state index contributed by atoms with van der Waals surface area (Å²) in [5.41, 5.74) is 4.56. The van der Waals surface area contributed by atoms with Gasteiger partial charge in [0, 0.05) is 12.5 Å². The number of amides is 2. The summed E-state index contributed by atoms with van der Waals surface area (Å²) in [5.74, 6) is -1.86. The Morgan fingerprint density at radius 2 is 1.55 bits per heavy atom. The zero-order valence-electron chi connectivity index (χ0n) is 17.8. The van der Waals surface area contributed by atoms with Crippen LogP contribution in [0.1, 0.15) is 37.3 Å². The number of hydrogen-bond donors (Lipinski definition) is 3. The molecule has 1 atom stereocenters. The van der Waals surface area contributed by atoms with E-state index in [0.29, 0.717) is 6.42 Å². The normalized spacial score (nSPS) is 13.3. The molecule has 7 nitrogen and oxygen atoms in total. The summed E-state index contributed by atoms with van der Waals surface area (Å²) in [6, 6.07) is 16.2. The Hall–Kier alpha value is -3.35. The topological polar surface area (TPSA) is 105 Å². The third-order valence-corrected chi connectivity index (χ3v) is 5.38. The highest BCUT2D eigenvalue weighted by molar-refractivity contribution is 5.83. The quantitative estimate of drug-likeness (QED) is 0.572. The van der Waals surface area contributed by atoms with Gasteiger partial charge in [0.25, 0.3) is 0 Å². The highest BCUT2D eigenvalue weighted by atomic mass is 16.5. The molecule has 3 rings (SSSR count). The molecule has 0 radical (unpaired) electrons. The van der Waals surface area contributed by atoms with Crippen LogP contribution in [0, 0.1) is 11.8 Å². The summed E-state index contributed by atoms with van der Waals surface area (Å²) in [5, 5.41) is 13.8. The van der Waals surface area contributed by atoms with Crippen molar-refractivity contribution in [2.45, 2.75) is 26.2 Å². The van der Waals surface area contributed by atoms with E-state index in [4.69, 9.17) is 9.84 Å². The molecule has 0 saturated carbocycles. The Morgan fingerprint density at radius 1 is 0.968 bits per heavy atom. The number of carboxylic acid groups (broad SMARTS) is 1. The summed E-state index contributed by atoms with van der Waals surface area (Å²) >= 11 is 0. The number of carbonyl (C=O) groups excluding carboxylic acids is 2. The molecule has 0 fully saturated rings. The average molecular weight is 424 g/mol. The molecule has 1 aliphatic rings. The lowest BCUT2D eigenvalue weighted by Crippen LogP contribution is -2.41. The lowest BCUT2D eigenvalue weighted by atomic mass is 9.96. The second-order valence-corrected chi connectivity index (χ2v) is 8.14. The minimum Gasteiger partial charge on any atom is -0.480 e. The third kappa shape index (κ3) is 5.63. The van der Waals surface area contributed by atoms with E-state index in [-0.39, 0.29) is 25.0 Å². The molecule has 0 saturated heterocycles. The fraction of sp³-hybridized carbons (Fsp3) is 0.375. The Labute approximate surface area is 181 Å². The van der Waals surface area contributed by atoms with Crippen molar-refractivity contribution < 1.29 is 24.2 Å². The van der Waals surface area contributed by atoms with E-state index in [1.165, 1.54) is 0 Å². The van der Waals surface area contributed by atoms with Gasteiger partial charge in [0.05, 0.1) is 5.92 Å². The molecular weight excluding hydrogens is 396 g/mol. The van der Waals surface area contributed by atoms with Crippen LogP contribution in [0.2, 0.25) is 0 Å². The first-order chi connectivity index (χ1) is 14.9. The predicted octanol–water partition coefficient (Wildman–Crippen LogP) is 3.39. The summed E-state index contributed by atoms with van der Waals surface area (Å²) < 4.78 is 5.50. The highest BCUT2D eigenvalue weighted by Crippen LogP contribution is 2.44. The first-order valence-electron chi connectivity index (χ1n) is 10.4. The maximum atomic E-state index is 12.3. The van der Waals surface area contributed by atoms with E-state index in [1.54, 1.807) is 0 Å². The van der Waals surface area contributed by atoms with Crippen LogP contribution >= 0.6 is 0 Å². The molecule has 2 aromatic rings. The van der Waals surface area contributed by atoms with Crippen molar-refractivity contribution in [2.24, 2.45) is 11.8 Å². The van der Waals surface area contributed by atoms with E-state index in [9.17, 15) is 14.4 Å². The molecule has 0 bridgehead atoms. The van der Waals surface area contributed by atoms with Gasteiger partial charge in [-0.05, 0) is 34.6 Å². The number of aliphatic carboxylic acids is 1. The maximum absolute atomic E-state index is 12.3. The van der Waals surface area contributed by atoms with Crippen molar-refractivity contribution in [2.75, 3.05) is 19.7 Å². The SMILES string of the molecule is CC(C)CC(CNC(=O)OCC1c2ccccc2-c2ccccc21)C(=O)NCC(=O)O. The van der Waals surface area contributed by atoms with E-state index < -0.39 is 30.4 Å². The van der Waals surface area contributed by atoms with Crippen molar-refractivity contribution in [3.8, 4) is 11.1 Å². The van der Waals surface area contributed by atoms with E-state index in [0.717, 1.165) is 22.3 Å². The Kier molecular flexibility index (Phi) is 7.28. The average Bonchev–Trinajstić information content (AvgIpc) is 3.07. The smallest absolute Gasteiger partial charge is 0.407 e. The molecule has 0 spiro atoms. The number of alkyl carbamates (subject to hydrolysis) is 1. The lowest BCUT2D eigenvalue weighted by molar-refractivity contribution is -0.138. The van der Waals surface area contributed by atoms with Crippen LogP contribution in [-0.2, 0) is 14.3 Å². The number of hydrogen-bond acceptors (Lipinski definition) is 4. The lowest BCUT2D eigenvalue weighted by Gasteiger charge is -2.19. The number of rotatable bonds is 9. The van der Waals surface area contributed by atoms with Gasteiger partial charge in [-0.1, -0.05) is 62.4 Å². The number of carboxylic acids is 1. The first-order valence-corrected chi connectivity index (χ1v) is 10.4. The van der Waals surface area contributed by atoms with Gasteiger partial charge in [0.2, 0.25) is 5.91 Å². The van der Waals surface area contributed by atoms with Gasteiger partial charge >= 0.3 is 12.1 Å². The number of benzene rings is 2. The maximum Gasteiger partial charge on any atom is 0.407 e.